The second-order valence-electron chi connectivity index (χ2n) is 6.31. The smallest absolute Gasteiger partial charge is 0.309 e. The highest BCUT2D eigenvalue weighted by Crippen LogP contribution is 2.24. The first-order chi connectivity index (χ1) is 11.3. The fourth-order valence-corrected chi connectivity index (χ4v) is 2.48. The minimum atomic E-state index is -0.975. The third-order valence-electron chi connectivity index (χ3n) is 3.70. The molecule has 0 radical (unpaired) electrons. The Labute approximate surface area is 141 Å². The van der Waals surface area contributed by atoms with Crippen molar-refractivity contribution in [3.63, 3.8) is 0 Å². The van der Waals surface area contributed by atoms with E-state index >= 15 is 0 Å². The molecule has 1 aromatic carbocycles. The molecule has 2 aromatic rings. The van der Waals surface area contributed by atoms with Gasteiger partial charge >= 0.3 is 11.8 Å². The van der Waals surface area contributed by atoms with Crippen molar-refractivity contribution in [1.82, 2.24) is 10.3 Å². The molecule has 0 saturated heterocycles. The predicted octanol–water partition coefficient (Wildman–Crippen LogP) is 1.77. The fourth-order valence-electron chi connectivity index (χ4n) is 2.48. The predicted molar refractivity (Wildman–Crippen MR) is 93.9 cm³/mol. The van der Waals surface area contributed by atoms with Crippen molar-refractivity contribution in [3.8, 4) is 0 Å². The lowest BCUT2D eigenvalue weighted by atomic mass is 9.94. The van der Waals surface area contributed by atoms with Crippen LogP contribution in [0.2, 0.25) is 0 Å². The van der Waals surface area contributed by atoms with E-state index in [1.54, 1.807) is 12.4 Å². The number of hydrogen-bond donors (Lipinski definition) is 2. The molecule has 1 heterocycles. The number of rotatable bonds is 5. The quantitative estimate of drug-likeness (QED) is 0.820. The maximum Gasteiger partial charge on any atom is 0.309 e. The standard InChI is InChI=1S/C18H22N4O2/c1-18(2,21-17(24)16(19)23)12-13-4-6-14(7-5-13)22(3)15-8-10-20-11-9-15/h4-11H,12H2,1-3H3,(H2,19,23)(H,21,24). The fraction of sp³-hybridized carbons (Fsp3) is 0.278. The van der Waals surface area contributed by atoms with Crippen molar-refractivity contribution in [2.24, 2.45) is 5.73 Å². The Bertz CT molecular complexity index is 712. The average molecular weight is 326 g/mol. The summed E-state index contributed by atoms with van der Waals surface area (Å²) in [6, 6.07) is 11.9. The van der Waals surface area contributed by atoms with Gasteiger partial charge in [-0.2, -0.15) is 0 Å². The van der Waals surface area contributed by atoms with Gasteiger partial charge < -0.3 is 16.0 Å². The van der Waals surface area contributed by atoms with Crippen LogP contribution < -0.4 is 16.0 Å². The first-order valence-electron chi connectivity index (χ1n) is 7.63. The summed E-state index contributed by atoms with van der Waals surface area (Å²) in [7, 11) is 1.99. The number of carbonyl (C=O) groups is 2. The lowest BCUT2D eigenvalue weighted by Gasteiger charge is -2.26. The van der Waals surface area contributed by atoms with Crippen LogP contribution in [0.3, 0.4) is 0 Å². The van der Waals surface area contributed by atoms with E-state index in [0.717, 1.165) is 16.9 Å². The summed E-state index contributed by atoms with van der Waals surface area (Å²) >= 11 is 0. The zero-order valence-corrected chi connectivity index (χ0v) is 14.1. The van der Waals surface area contributed by atoms with Crippen LogP contribution in [0.1, 0.15) is 19.4 Å². The van der Waals surface area contributed by atoms with Crippen LogP contribution in [-0.2, 0) is 16.0 Å². The number of anilines is 2. The highest BCUT2D eigenvalue weighted by molar-refractivity contribution is 6.34. The number of nitrogens with zero attached hydrogens (tertiary/aromatic N) is 2. The van der Waals surface area contributed by atoms with Gasteiger partial charge in [-0.1, -0.05) is 12.1 Å². The lowest BCUT2D eigenvalue weighted by molar-refractivity contribution is -0.138. The zero-order chi connectivity index (χ0) is 17.7. The topological polar surface area (TPSA) is 88.3 Å². The van der Waals surface area contributed by atoms with Crippen LogP contribution in [0.5, 0.6) is 0 Å². The number of aromatic nitrogens is 1. The Kier molecular flexibility index (Phi) is 5.18. The number of nitrogens with one attached hydrogen (secondary N) is 1. The number of pyridine rings is 1. The van der Waals surface area contributed by atoms with E-state index in [0.29, 0.717) is 6.42 Å². The molecule has 0 atom stereocenters. The number of amides is 2. The van der Waals surface area contributed by atoms with Crippen LogP contribution in [0.15, 0.2) is 48.8 Å². The third-order valence-corrected chi connectivity index (χ3v) is 3.70. The number of benzene rings is 1. The van der Waals surface area contributed by atoms with E-state index < -0.39 is 17.4 Å². The molecule has 6 heteroatoms. The summed E-state index contributed by atoms with van der Waals surface area (Å²) in [5, 5.41) is 2.64. The summed E-state index contributed by atoms with van der Waals surface area (Å²) in [5.74, 6) is -1.74. The summed E-state index contributed by atoms with van der Waals surface area (Å²) in [6.07, 6.45) is 4.10. The summed E-state index contributed by atoms with van der Waals surface area (Å²) in [5.41, 5.74) is 7.56. The van der Waals surface area contributed by atoms with Gasteiger partial charge in [0.1, 0.15) is 0 Å². The minimum Gasteiger partial charge on any atom is -0.361 e. The van der Waals surface area contributed by atoms with Crippen LogP contribution in [0.4, 0.5) is 11.4 Å². The molecule has 2 rings (SSSR count). The normalized spacial score (nSPS) is 11.0. The van der Waals surface area contributed by atoms with Crippen molar-refractivity contribution in [1.29, 1.82) is 0 Å². The Balaban J connectivity index is 2.06. The van der Waals surface area contributed by atoms with E-state index in [2.05, 4.69) is 15.2 Å². The second kappa shape index (κ2) is 7.12. The van der Waals surface area contributed by atoms with Gasteiger partial charge in [-0.3, -0.25) is 14.6 Å². The maximum absolute atomic E-state index is 11.5. The van der Waals surface area contributed by atoms with E-state index in [9.17, 15) is 9.59 Å². The molecule has 0 unspecified atom stereocenters. The molecule has 0 aliphatic heterocycles. The molecule has 0 saturated carbocycles. The molecule has 2 amide bonds. The lowest BCUT2D eigenvalue weighted by Crippen LogP contribution is -2.49. The number of primary amides is 1. The maximum atomic E-state index is 11.5. The average Bonchev–Trinajstić information content (AvgIpc) is 2.54. The molecular weight excluding hydrogens is 304 g/mol. The Morgan fingerprint density at radius 1 is 1.08 bits per heavy atom. The van der Waals surface area contributed by atoms with Gasteiger partial charge in [0.15, 0.2) is 0 Å². The molecule has 3 N–H and O–H groups in total. The molecule has 24 heavy (non-hydrogen) atoms. The first kappa shape index (κ1) is 17.5. The highest BCUT2D eigenvalue weighted by atomic mass is 16.2. The van der Waals surface area contributed by atoms with Gasteiger partial charge in [-0.05, 0) is 50.1 Å². The zero-order valence-electron chi connectivity index (χ0n) is 14.1. The molecule has 126 valence electrons. The van der Waals surface area contributed by atoms with Gasteiger partial charge in [-0.15, -0.1) is 0 Å². The van der Waals surface area contributed by atoms with Gasteiger partial charge in [0.05, 0.1) is 0 Å². The summed E-state index contributed by atoms with van der Waals surface area (Å²) in [6.45, 7) is 3.70. The molecular formula is C18H22N4O2. The number of nitrogens with two attached hydrogens (primary N) is 1. The van der Waals surface area contributed by atoms with Crippen LogP contribution in [-0.4, -0.2) is 29.4 Å². The Hall–Kier alpha value is -2.89. The minimum absolute atomic E-state index is 0.565. The first-order valence-corrected chi connectivity index (χ1v) is 7.63. The van der Waals surface area contributed by atoms with Crippen molar-refractivity contribution < 1.29 is 9.59 Å². The van der Waals surface area contributed by atoms with Crippen molar-refractivity contribution in [2.45, 2.75) is 25.8 Å². The molecule has 0 fully saturated rings. The monoisotopic (exact) mass is 326 g/mol. The second-order valence-corrected chi connectivity index (χ2v) is 6.31. The molecule has 1 aromatic heterocycles. The summed E-state index contributed by atoms with van der Waals surface area (Å²) in [4.78, 5) is 28.4. The highest BCUT2D eigenvalue weighted by Gasteiger charge is 2.23. The Morgan fingerprint density at radius 2 is 1.62 bits per heavy atom. The van der Waals surface area contributed by atoms with Gasteiger partial charge in [0, 0.05) is 36.4 Å². The van der Waals surface area contributed by atoms with Crippen molar-refractivity contribution in [2.75, 3.05) is 11.9 Å². The number of hydrogen-bond acceptors (Lipinski definition) is 4. The van der Waals surface area contributed by atoms with E-state index in [1.165, 1.54) is 0 Å². The van der Waals surface area contributed by atoms with Crippen molar-refractivity contribution in [3.05, 3.63) is 54.4 Å². The molecule has 6 nitrogen and oxygen atoms in total. The molecule has 0 spiro atoms. The third kappa shape index (κ3) is 4.55. The van der Waals surface area contributed by atoms with Crippen LogP contribution in [0.25, 0.3) is 0 Å². The molecule has 0 bridgehead atoms. The molecule has 0 aliphatic rings. The van der Waals surface area contributed by atoms with E-state index in [1.807, 2.05) is 57.3 Å². The van der Waals surface area contributed by atoms with Crippen LogP contribution in [0, 0.1) is 0 Å². The van der Waals surface area contributed by atoms with Crippen molar-refractivity contribution >= 4 is 23.2 Å². The Morgan fingerprint density at radius 3 is 2.17 bits per heavy atom. The van der Waals surface area contributed by atoms with E-state index in [-0.39, 0.29) is 0 Å². The SMILES string of the molecule is CN(c1ccncc1)c1ccc(CC(C)(C)NC(=O)C(N)=O)cc1. The van der Waals surface area contributed by atoms with Crippen LogP contribution >= 0.6 is 0 Å². The van der Waals surface area contributed by atoms with Gasteiger partial charge in [0.2, 0.25) is 0 Å². The largest absolute Gasteiger partial charge is 0.361 e. The van der Waals surface area contributed by atoms with E-state index in [4.69, 9.17) is 5.73 Å². The number of carbonyl (C=O) groups excluding carboxylic acids is 2. The molecule has 0 aliphatic carbocycles. The summed E-state index contributed by atoms with van der Waals surface area (Å²) < 4.78 is 0. The van der Waals surface area contributed by atoms with Gasteiger partial charge in [0.25, 0.3) is 0 Å². The van der Waals surface area contributed by atoms with Gasteiger partial charge in [-0.25, -0.2) is 0 Å².